The van der Waals surface area contributed by atoms with Crippen molar-refractivity contribution in [2.75, 3.05) is 5.73 Å². The molecule has 0 spiro atoms. The Hall–Kier alpha value is -1.50. The first-order valence-electron chi connectivity index (χ1n) is 6.39. The maximum absolute atomic E-state index is 6.19. The van der Waals surface area contributed by atoms with E-state index in [9.17, 15) is 0 Å². The zero-order chi connectivity index (χ0) is 12.0. The van der Waals surface area contributed by atoms with E-state index in [1.54, 1.807) is 5.57 Å². The SMILES string of the molecule is CC1(C)C2=C(CC=CCC2)c2c(N)cccc21. The first kappa shape index (κ1) is 10.6. The molecule has 0 atom stereocenters. The summed E-state index contributed by atoms with van der Waals surface area (Å²) >= 11 is 0. The van der Waals surface area contributed by atoms with Crippen molar-refractivity contribution in [1.29, 1.82) is 0 Å². The fraction of sp³-hybridized carbons (Fsp3) is 0.375. The first-order chi connectivity index (χ1) is 8.12. The van der Waals surface area contributed by atoms with Crippen LogP contribution in [0.5, 0.6) is 0 Å². The summed E-state index contributed by atoms with van der Waals surface area (Å²) < 4.78 is 0. The van der Waals surface area contributed by atoms with Gasteiger partial charge in [0.05, 0.1) is 0 Å². The summed E-state index contributed by atoms with van der Waals surface area (Å²) in [5, 5.41) is 0. The molecule has 17 heavy (non-hydrogen) atoms. The Morgan fingerprint density at radius 2 is 2.00 bits per heavy atom. The highest BCUT2D eigenvalue weighted by atomic mass is 14.6. The van der Waals surface area contributed by atoms with Crippen molar-refractivity contribution in [3.05, 3.63) is 47.1 Å². The summed E-state index contributed by atoms with van der Waals surface area (Å²) in [5.74, 6) is 0. The molecule has 0 amide bonds. The molecule has 1 aromatic rings. The molecule has 2 aliphatic rings. The molecule has 2 aliphatic carbocycles. The normalized spacial score (nSPS) is 21.1. The van der Waals surface area contributed by atoms with Crippen LogP contribution in [0.2, 0.25) is 0 Å². The second-order valence-electron chi connectivity index (χ2n) is 5.57. The van der Waals surface area contributed by atoms with E-state index in [4.69, 9.17) is 5.73 Å². The van der Waals surface area contributed by atoms with Crippen LogP contribution in [0.15, 0.2) is 35.9 Å². The number of nitrogens with two attached hydrogens (primary N) is 1. The zero-order valence-electron chi connectivity index (χ0n) is 10.6. The molecule has 3 rings (SSSR count). The Morgan fingerprint density at radius 3 is 2.82 bits per heavy atom. The van der Waals surface area contributed by atoms with Crippen LogP contribution < -0.4 is 5.73 Å². The lowest BCUT2D eigenvalue weighted by Crippen LogP contribution is -2.17. The van der Waals surface area contributed by atoms with Crippen LogP contribution >= 0.6 is 0 Å². The summed E-state index contributed by atoms with van der Waals surface area (Å²) in [6, 6.07) is 6.35. The maximum atomic E-state index is 6.19. The lowest BCUT2D eigenvalue weighted by atomic mass is 9.79. The van der Waals surface area contributed by atoms with E-state index in [1.807, 2.05) is 6.07 Å². The quantitative estimate of drug-likeness (QED) is 0.523. The van der Waals surface area contributed by atoms with E-state index in [-0.39, 0.29) is 5.41 Å². The molecule has 1 heteroatoms. The highest BCUT2D eigenvalue weighted by Crippen LogP contribution is 2.51. The highest BCUT2D eigenvalue weighted by molar-refractivity contribution is 5.87. The van der Waals surface area contributed by atoms with Gasteiger partial charge in [-0.3, -0.25) is 0 Å². The van der Waals surface area contributed by atoms with Crippen molar-refractivity contribution >= 4 is 11.3 Å². The molecule has 0 bridgehead atoms. The minimum absolute atomic E-state index is 0.159. The molecule has 0 aromatic heterocycles. The van der Waals surface area contributed by atoms with Gasteiger partial charge in [-0.1, -0.05) is 43.7 Å². The van der Waals surface area contributed by atoms with Gasteiger partial charge in [-0.2, -0.15) is 0 Å². The van der Waals surface area contributed by atoms with E-state index in [1.165, 1.54) is 23.1 Å². The third-order valence-electron chi connectivity index (χ3n) is 4.24. The number of nitrogen functional groups attached to an aromatic ring is 1. The number of anilines is 1. The maximum Gasteiger partial charge on any atom is 0.0393 e. The standard InChI is InChI=1S/C16H19N/c1-16(2)12-8-5-3-4-7-11(12)15-13(16)9-6-10-14(15)17/h3-4,6,9-10H,5,7-8,17H2,1-2H3. The minimum Gasteiger partial charge on any atom is -0.398 e. The van der Waals surface area contributed by atoms with Crippen molar-refractivity contribution in [2.24, 2.45) is 0 Å². The Morgan fingerprint density at radius 1 is 1.18 bits per heavy atom. The molecule has 0 aliphatic heterocycles. The van der Waals surface area contributed by atoms with E-state index < -0.39 is 0 Å². The Kier molecular flexibility index (Phi) is 2.19. The fourth-order valence-electron chi connectivity index (χ4n) is 3.35. The highest BCUT2D eigenvalue weighted by Gasteiger charge is 2.37. The summed E-state index contributed by atoms with van der Waals surface area (Å²) in [5.41, 5.74) is 13.1. The minimum atomic E-state index is 0.159. The Balaban J connectivity index is 2.28. The van der Waals surface area contributed by atoms with Gasteiger partial charge in [-0.15, -0.1) is 0 Å². The van der Waals surface area contributed by atoms with Crippen LogP contribution in [-0.2, 0) is 5.41 Å². The molecular weight excluding hydrogens is 206 g/mol. The summed E-state index contributed by atoms with van der Waals surface area (Å²) in [6.07, 6.45) is 7.97. The van der Waals surface area contributed by atoms with Crippen molar-refractivity contribution in [3.63, 3.8) is 0 Å². The molecule has 0 unspecified atom stereocenters. The molecule has 88 valence electrons. The predicted molar refractivity (Wildman–Crippen MR) is 73.8 cm³/mol. The number of benzene rings is 1. The van der Waals surface area contributed by atoms with Gasteiger partial charge in [-0.05, 0) is 36.5 Å². The van der Waals surface area contributed by atoms with Crippen molar-refractivity contribution in [2.45, 2.75) is 38.5 Å². The first-order valence-corrected chi connectivity index (χ1v) is 6.39. The number of allylic oxidation sites excluding steroid dienone is 4. The summed E-state index contributed by atoms with van der Waals surface area (Å²) in [4.78, 5) is 0. The lowest BCUT2D eigenvalue weighted by Gasteiger charge is -2.24. The molecule has 0 saturated carbocycles. The zero-order valence-corrected chi connectivity index (χ0v) is 10.6. The van der Waals surface area contributed by atoms with Crippen LogP contribution in [0, 0.1) is 0 Å². The second-order valence-corrected chi connectivity index (χ2v) is 5.57. The molecule has 0 saturated heterocycles. The molecule has 1 aromatic carbocycles. The number of rotatable bonds is 0. The third-order valence-corrected chi connectivity index (χ3v) is 4.24. The van der Waals surface area contributed by atoms with Gasteiger partial charge in [0.1, 0.15) is 0 Å². The molecule has 0 fully saturated rings. The van der Waals surface area contributed by atoms with Crippen molar-refractivity contribution in [3.8, 4) is 0 Å². The van der Waals surface area contributed by atoms with E-state index in [2.05, 4.69) is 38.1 Å². The van der Waals surface area contributed by atoms with Crippen molar-refractivity contribution < 1.29 is 0 Å². The summed E-state index contributed by atoms with van der Waals surface area (Å²) in [6.45, 7) is 4.66. The predicted octanol–water partition coefficient (Wildman–Crippen LogP) is 4.05. The largest absolute Gasteiger partial charge is 0.398 e. The van der Waals surface area contributed by atoms with Crippen LogP contribution in [-0.4, -0.2) is 0 Å². The van der Waals surface area contributed by atoms with Gasteiger partial charge in [0.2, 0.25) is 0 Å². The van der Waals surface area contributed by atoms with Crippen LogP contribution in [0.1, 0.15) is 44.2 Å². The van der Waals surface area contributed by atoms with Gasteiger partial charge in [-0.25, -0.2) is 0 Å². The van der Waals surface area contributed by atoms with Gasteiger partial charge in [0.25, 0.3) is 0 Å². The number of hydrogen-bond donors (Lipinski definition) is 1. The molecule has 0 heterocycles. The van der Waals surface area contributed by atoms with E-state index >= 15 is 0 Å². The Bertz CT molecular complexity index is 532. The molecular formula is C16H19N. The van der Waals surface area contributed by atoms with E-state index in [0.29, 0.717) is 0 Å². The average molecular weight is 225 g/mol. The van der Waals surface area contributed by atoms with Gasteiger partial charge in [0, 0.05) is 16.7 Å². The fourth-order valence-corrected chi connectivity index (χ4v) is 3.35. The van der Waals surface area contributed by atoms with Gasteiger partial charge in [0.15, 0.2) is 0 Å². The van der Waals surface area contributed by atoms with E-state index in [0.717, 1.165) is 18.5 Å². The Labute approximate surface area is 103 Å². The topological polar surface area (TPSA) is 26.0 Å². The van der Waals surface area contributed by atoms with Crippen LogP contribution in [0.4, 0.5) is 5.69 Å². The monoisotopic (exact) mass is 225 g/mol. The smallest absolute Gasteiger partial charge is 0.0393 e. The van der Waals surface area contributed by atoms with Crippen LogP contribution in [0.25, 0.3) is 5.57 Å². The van der Waals surface area contributed by atoms with Crippen molar-refractivity contribution in [1.82, 2.24) is 0 Å². The third kappa shape index (κ3) is 1.38. The summed E-state index contributed by atoms with van der Waals surface area (Å²) in [7, 11) is 0. The van der Waals surface area contributed by atoms with Crippen LogP contribution in [0.3, 0.4) is 0 Å². The van der Waals surface area contributed by atoms with Gasteiger partial charge < -0.3 is 5.73 Å². The number of fused-ring (bicyclic) bond motifs is 2. The second kappa shape index (κ2) is 3.49. The molecule has 1 nitrogen and oxygen atoms in total. The lowest BCUT2D eigenvalue weighted by molar-refractivity contribution is 0.609. The average Bonchev–Trinajstić information content (AvgIpc) is 2.48. The molecule has 2 N–H and O–H groups in total. The number of hydrogen-bond acceptors (Lipinski definition) is 1. The van der Waals surface area contributed by atoms with Gasteiger partial charge >= 0.3 is 0 Å². The molecule has 0 radical (unpaired) electrons.